The maximum absolute atomic E-state index is 9.09. The van der Waals surface area contributed by atoms with Crippen LogP contribution < -0.4 is 4.72 Å². The first-order chi connectivity index (χ1) is 5.48. The van der Waals surface area contributed by atoms with Crippen molar-refractivity contribution in [2.75, 3.05) is 13.0 Å². The number of nitrogens with one attached hydrogen (secondary N) is 1. The van der Waals surface area contributed by atoms with Crippen molar-refractivity contribution in [1.29, 1.82) is 0 Å². The van der Waals surface area contributed by atoms with Crippen molar-refractivity contribution in [3.63, 3.8) is 0 Å². The Bertz CT molecular complexity index is 98.7. The normalized spacial score (nSPS) is 12.3. The quantitative estimate of drug-likeness (QED) is 0.650. The second-order valence-corrected chi connectivity index (χ2v) is 4.15. The average Bonchev–Trinajstić information content (AvgIpc) is 1.88. The topological polar surface area (TPSA) is 61.7 Å². The van der Waals surface area contributed by atoms with E-state index in [1.165, 1.54) is 7.11 Å². The second kappa shape index (κ2) is 7.82. The average molecular weight is 199 g/mol. The molecule has 0 aromatic rings. The van der Waals surface area contributed by atoms with E-state index in [0.717, 1.165) is 0 Å². The standard InChI is InChI=1S/C5H15NO3S.C2H6/c1-5(2)6-10(7,8)4-9-3;1-2/h5-8H,4H2,1-3H3;1-2H3. The van der Waals surface area contributed by atoms with Gasteiger partial charge in [-0.1, -0.05) is 13.8 Å². The lowest BCUT2D eigenvalue weighted by molar-refractivity contribution is 0.235. The number of methoxy groups -OCH3 is 1. The fourth-order valence-corrected chi connectivity index (χ4v) is 1.73. The Kier molecular flexibility index (Phi) is 9.58. The molecule has 0 fully saturated rings. The molecule has 0 aliphatic carbocycles. The van der Waals surface area contributed by atoms with Crippen LogP contribution in [0.2, 0.25) is 0 Å². The minimum Gasteiger partial charge on any atom is -0.363 e. The molecule has 0 bridgehead atoms. The molecule has 0 unspecified atom stereocenters. The maximum atomic E-state index is 9.09. The van der Waals surface area contributed by atoms with Gasteiger partial charge >= 0.3 is 0 Å². The van der Waals surface area contributed by atoms with Crippen LogP contribution in [0.15, 0.2) is 0 Å². The molecular formula is C7H21NO3S. The molecule has 0 heterocycles. The third kappa shape index (κ3) is 10.2. The van der Waals surface area contributed by atoms with Crippen molar-refractivity contribution in [3.05, 3.63) is 0 Å². The number of hydrogen-bond acceptors (Lipinski definition) is 4. The third-order valence-electron chi connectivity index (χ3n) is 0.707. The smallest absolute Gasteiger partial charge is 0.150 e. The van der Waals surface area contributed by atoms with Crippen molar-refractivity contribution >= 4 is 10.8 Å². The van der Waals surface area contributed by atoms with Crippen LogP contribution in [0, 0.1) is 0 Å². The minimum absolute atomic E-state index is 0.0504. The van der Waals surface area contributed by atoms with Crippen LogP contribution in [-0.4, -0.2) is 28.2 Å². The molecule has 0 rings (SSSR count). The summed E-state index contributed by atoms with van der Waals surface area (Å²) in [6.07, 6.45) is 0. The van der Waals surface area contributed by atoms with E-state index in [1.807, 2.05) is 27.7 Å². The monoisotopic (exact) mass is 199 g/mol. The molecule has 0 saturated heterocycles. The van der Waals surface area contributed by atoms with Gasteiger partial charge in [0.2, 0.25) is 0 Å². The van der Waals surface area contributed by atoms with Gasteiger partial charge in [0.25, 0.3) is 0 Å². The molecule has 0 radical (unpaired) electrons. The van der Waals surface area contributed by atoms with E-state index < -0.39 is 10.8 Å². The van der Waals surface area contributed by atoms with Gasteiger partial charge in [-0.25, -0.2) is 4.72 Å². The Morgan fingerprint density at radius 3 is 2.00 bits per heavy atom. The van der Waals surface area contributed by atoms with E-state index in [0.29, 0.717) is 0 Å². The Balaban J connectivity index is 0. The summed E-state index contributed by atoms with van der Waals surface area (Å²) in [5.41, 5.74) is 0. The van der Waals surface area contributed by atoms with Crippen LogP contribution >= 0.6 is 10.8 Å². The number of ether oxygens (including phenoxy) is 1. The lowest BCUT2D eigenvalue weighted by Crippen LogP contribution is -2.29. The van der Waals surface area contributed by atoms with Crippen molar-refractivity contribution in [3.8, 4) is 0 Å². The second-order valence-electron chi connectivity index (χ2n) is 2.35. The first kappa shape index (κ1) is 14.7. The zero-order valence-corrected chi connectivity index (χ0v) is 9.31. The Morgan fingerprint density at radius 2 is 1.75 bits per heavy atom. The van der Waals surface area contributed by atoms with Crippen LogP contribution in [-0.2, 0) is 4.74 Å². The molecule has 0 aliphatic rings. The Labute approximate surface area is 76.8 Å². The molecule has 78 valence electrons. The SMILES string of the molecule is CC.COCS(O)(O)NC(C)C. The van der Waals surface area contributed by atoms with Gasteiger partial charge in [-0.3, -0.25) is 9.11 Å². The number of rotatable bonds is 4. The highest BCUT2D eigenvalue weighted by Crippen LogP contribution is 2.33. The van der Waals surface area contributed by atoms with Crippen molar-refractivity contribution in [2.45, 2.75) is 33.7 Å². The van der Waals surface area contributed by atoms with E-state index in [1.54, 1.807) is 0 Å². The van der Waals surface area contributed by atoms with Crippen LogP contribution in [0.1, 0.15) is 27.7 Å². The van der Waals surface area contributed by atoms with Crippen molar-refractivity contribution < 1.29 is 13.8 Å². The first-order valence-electron chi connectivity index (χ1n) is 4.00. The summed E-state index contributed by atoms with van der Waals surface area (Å²) in [6, 6.07) is 0.0557. The highest BCUT2D eigenvalue weighted by molar-refractivity contribution is 8.22. The largest absolute Gasteiger partial charge is 0.363 e. The van der Waals surface area contributed by atoms with Gasteiger partial charge in [-0.05, 0) is 13.8 Å². The predicted molar refractivity (Wildman–Crippen MR) is 54.3 cm³/mol. The minimum atomic E-state index is -2.70. The lowest BCUT2D eigenvalue weighted by Gasteiger charge is -2.33. The number of hydrogen-bond donors (Lipinski definition) is 3. The zero-order valence-electron chi connectivity index (χ0n) is 8.50. The molecule has 0 amide bonds. The Hall–Kier alpha value is 0.190. The van der Waals surface area contributed by atoms with Gasteiger partial charge in [0, 0.05) is 13.2 Å². The summed E-state index contributed by atoms with van der Waals surface area (Å²) < 4.78 is 25.3. The first-order valence-corrected chi connectivity index (χ1v) is 5.71. The fourth-order valence-electron chi connectivity index (χ4n) is 0.576. The van der Waals surface area contributed by atoms with Gasteiger partial charge in [0.1, 0.15) is 5.94 Å². The van der Waals surface area contributed by atoms with Crippen LogP contribution in [0.5, 0.6) is 0 Å². The third-order valence-corrected chi connectivity index (χ3v) is 2.12. The molecule has 0 aromatic heterocycles. The van der Waals surface area contributed by atoms with Crippen LogP contribution in [0.3, 0.4) is 0 Å². The van der Waals surface area contributed by atoms with Gasteiger partial charge in [-0.15, -0.1) is 10.8 Å². The molecule has 0 aromatic carbocycles. The molecule has 5 heteroatoms. The summed E-state index contributed by atoms with van der Waals surface area (Å²) >= 11 is 0. The fraction of sp³-hybridized carbons (Fsp3) is 1.00. The van der Waals surface area contributed by atoms with Gasteiger partial charge in [0.15, 0.2) is 0 Å². The van der Waals surface area contributed by atoms with Gasteiger partial charge in [0.05, 0.1) is 0 Å². The highest BCUT2D eigenvalue weighted by Gasteiger charge is 2.11. The summed E-state index contributed by atoms with van der Waals surface area (Å²) in [5, 5.41) is 0. The van der Waals surface area contributed by atoms with E-state index in [4.69, 9.17) is 9.11 Å². The van der Waals surface area contributed by atoms with Crippen LogP contribution in [0.25, 0.3) is 0 Å². The molecule has 3 N–H and O–H groups in total. The van der Waals surface area contributed by atoms with E-state index in [-0.39, 0.29) is 12.0 Å². The molecule has 0 spiro atoms. The molecule has 4 nitrogen and oxygen atoms in total. The summed E-state index contributed by atoms with van der Waals surface area (Å²) in [4.78, 5) is 0. The lowest BCUT2D eigenvalue weighted by atomic mass is 10.4. The predicted octanol–water partition coefficient (Wildman–Crippen LogP) is 2.28. The summed E-state index contributed by atoms with van der Waals surface area (Å²) in [6.45, 7) is 7.67. The molecule has 0 saturated carbocycles. The molecule has 0 atom stereocenters. The summed E-state index contributed by atoms with van der Waals surface area (Å²) in [5.74, 6) is -0.0504. The van der Waals surface area contributed by atoms with E-state index >= 15 is 0 Å². The molecule has 12 heavy (non-hydrogen) atoms. The van der Waals surface area contributed by atoms with Crippen molar-refractivity contribution in [1.82, 2.24) is 4.72 Å². The van der Waals surface area contributed by atoms with Crippen molar-refractivity contribution in [2.24, 2.45) is 0 Å². The maximum Gasteiger partial charge on any atom is 0.150 e. The van der Waals surface area contributed by atoms with E-state index in [9.17, 15) is 0 Å². The van der Waals surface area contributed by atoms with E-state index in [2.05, 4.69) is 9.46 Å². The van der Waals surface area contributed by atoms with Gasteiger partial charge in [-0.2, -0.15) is 0 Å². The van der Waals surface area contributed by atoms with Crippen LogP contribution in [0.4, 0.5) is 0 Å². The van der Waals surface area contributed by atoms with Gasteiger partial charge < -0.3 is 4.74 Å². The summed E-state index contributed by atoms with van der Waals surface area (Å²) in [7, 11) is -1.28. The highest BCUT2D eigenvalue weighted by atomic mass is 32.3. The zero-order chi connectivity index (χ0) is 10.2. The molecular weight excluding hydrogens is 178 g/mol. The Morgan fingerprint density at radius 1 is 1.33 bits per heavy atom. The molecule has 0 aliphatic heterocycles.